The standard InChI is InChI=1S/C9H6FNO3/c10-5-1-2-6-7(8(5)12)4(3-11-6)9(13)14/h1-3,11-12H,(H,13,14). The Bertz CT molecular complexity index is 518. The molecule has 2 aromatic rings. The molecule has 0 atom stereocenters. The third kappa shape index (κ3) is 1.02. The molecule has 72 valence electrons. The van der Waals surface area contributed by atoms with Gasteiger partial charge in [-0.25, -0.2) is 9.18 Å². The molecule has 0 spiro atoms. The summed E-state index contributed by atoms with van der Waals surface area (Å²) in [4.78, 5) is 13.3. The van der Waals surface area contributed by atoms with Crippen LogP contribution in [0.1, 0.15) is 10.4 Å². The van der Waals surface area contributed by atoms with E-state index in [1.54, 1.807) is 0 Å². The molecule has 14 heavy (non-hydrogen) atoms. The number of hydrogen-bond acceptors (Lipinski definition) is 2. The molecular formula is C9H6FNO3. The van der Waals surface area contributed by atoms with Crippen LogP contribution in [0.15, 0.2) is 18.3 Å². The van der Waals surface area contributed by atoms with Crippen LogP contribution in [0.5, 0.6) is 5.75 Å². The van der Waals surface area contributed by atoms with Gasteiger partial charge in [-0.3, -0.25) is 0 Å². The Morgan fingerprint density at radius 1 is 1.43 bits per heavy atom. The molecule has 0 aliphatic carbocycles. The molecule has 1 aromatic heterocycles. The van der Waals surface area contributed by atoms with Gasteiger partial charge in [-0.1, -0.05) is 0 Å². The Balaban J connectivity index is 2.89. The number of H-pyrrole nitrogens is 1. The van der Waals surface area contributed by atoms with Crippen LogP contribution >= 0.6 is 0 Å². The van der Waals surface area contributed by atoms with Crippen molar-refractivity contribution >= 4 is 16.9 Å². The quantitative estimate of drug-likeness (QED) is 0.648. The summed E-state index contributed by atoms with van der Waals surface area (Å²) in [6, 6.07) is 2.44. The van der Waals surface area contributed by atoms with Gasteiger partial charge in [-0.05, 0) is 12.1 Å². The third-order valence-electron chi connectivity index (χ3n) is 2.00. The Morgan fingerprint density at radius 2 is 2.14 bits per heavy atom. The molecule has 0 radical (unpaired) electrons. The molecule has 0 unspecified atom stereocenters. The number of phenols is 1. The number of carboxylic acids is 1. The molecule has 5 heteroatoms. The van der Waals surface area contributed by atoms with Gasteiger partial charge in [-0.15, -0.1) is 0 Å². The van der Waals surface area contributed by atoms with Crippen molar-refractivity contribution in [3.63, 3.8) is 0 Å². The Kier molecular flexibility index (Phi) is 1.67. The fourth-order valence-corrected chi connectivity index (χ4v) is 1.35. The van der Waals surface area contributed by atoms with Crippen LogP contribution in [0.3, 0.4) is 0 Å². The fourth-order valence-electron chi connectivity index (χ4n) is 1.35. The second-order valence-corrected chi connectivity index (χ2v) is 2.83. The van der Waals surface area contributed by atoms with E-state index < -0.39 is 17.5 Å². The summed E-state index contributed by atoms with van der Waals surface area (Å²) < 4.78 is 12.9. The lowest BCUT2D eigenvalue weighted by Crippen LogP contribution is -1.94. The predicted octanol–water partition coefficient (Wildman–Crippen LogP) is 1.71. The minimum atomic E-state index is -1.21. The van der Waals surface area contributed by atoms with Crippen molar-refractivity contribution in [1.29, 1.82) is 0 Å². The molecule has 0 saturated heterocycles. The van der Waals surface area contributed by atoms with Crippen molar-refractivity contribution < 1.29 is 19.4 Å². The largest absolute Gasteiger partial charge is 0.504 e. The maximum absolute atomic E-state index is 12.9. The number of phenolic OH excluding ortho intramolecular Hbond substituents is 1. The topological polar surface area (TPSA) is 73.3 Å². The average Bonchev–Trinajstić information content (AvgIpc) is 2.55. The van der Waals surface area contributed by atoms with Gasteiger partial charge >= 0.3 is 5.97 Å². The van der Waals surface area contributed by atoms with Crippen LogP contribution in [-0.4, -0.2) is 21.2 Å². The minimum Gasteiger partial charge on any atom is -0.504 e. The third-order valence-corrected chi connectivity index (χ3v) is 2.00. The minimum absolute atomic E-state index is 0.00231. The van der Waals surface area contributed by atoms with E-state index in [0.29, 0.717) is 5.52 Å². The van der Waals surface area contributed by atoms with Gasteiger partial charge in [0, 0.05) is 6.20 Å². The summed E-state index contributed by atoms with van der Waals surface area (Å²) in [6.45, 7) is 0. The second kappa shape index (κ2) is 2.73. The van der Waals surface area contributed by atoms with Gasteiger partial charge in [0.05, 0.1) is 16.5 Å². The van der Waals surface area contributed by atoms with E-state index >= 15 is 0 Å². The van der Waals surface area contributed by atoms with Crippen LogP contribution in [0.4, 0.5) is 4.39 Å². The van der Waals surface area contributed by atoms with Crippen molar-refractivity contribution in [1.82, 2.24) is 4.98 Å². The molecule has 3 N–H and O–H groups in total. The summed E-state index contributed by atoms with van der Waals surface area (Å²) in [5.41, 5.74) is 0.248. The second-order valence-electron chi connectivity index (χ2n) is 2.83. The number of rotatable bonds is 1. The fraction of sp³-hybridized carbons (Fsp3) is 0. The highest BCUT2D eigenvalue weighted by Crippen LogP contribution is 2.30. The first-order chi connectivity index (χ1) is 6.61. The number of aromatic amines is 1. The summed E-state index contributed by atoms with van der Waals surface area (Å²) in [6.07, 6.45) is 1.21. The van der Waals surface area contributed by atoms with E-state index in [1.165, 1.54) is 12.3 Å². The van der Waals surface area contributed by atoms with E-state index in [4.69, 9.17) is 5.11 Å². The number of hydrogen-bond donors (Lipinski definition) is 3. The zero-order chi connectivity index (χ0) is 10.3. The lowest BCUT2D eigenvalue weighted by Gasteiger charge is -1.97. The first-order valence-electron chi connectivity index (χ1n) is 3.83. The van der Waals surface area contributed by atoms with Crippen molar-refractivity contribution in [3.8, 4) is 5.75 Å². The van der Waals surface area contributed by atoms with E-state index in [9.17, 15) is 14.3 Å². The normalized spacial score (nSPS) is 10.6. The predicted molar refractivity (Wildman–Crippen MR) is 46.9 cm³/mol. The van der Waals surface area contributed by atoms with E-state index in [-0.39, 0.29) is 10.9 Å². The lowest BCUT2D eigenvalue weighted by molar-refractivity contribution is 0.0699. The average molecular weight is 195 g/mol. The van der Waals surface area contributed by atoms with Crippen LogP contribution in [-0.2, 0) is 0 Å². The number of carboxylic acid groups (broad SMARTS) is 1. The molecule has 0 aliphatic rings. The summed E-state index contributed by atoms with van der Waals surface area (Å²) in [7, 11) is 0. The molecule has 1 heterocycles. The van der Waals surface area contributed by atoms with Gasteiger partial charge in [0.1, 0.15) is 0 Å². The first-order valence-corrected chi connectivity index (χ1v) is 3.83. The number of aromatic nitrogens is 1. The van der Waals surface area contributed by atoms with Crippen molar-refractivity contribution in [3.05, 3.63) is 29.7 Å². The number of fused-ring (bicyclic) bond motifs is 1. The monoisotopic (exact) mass is 195 g/mol. The molecule has 1 aromatic carbocycles. The highest BCUT2D eigenvalue weighted by molar-refractivity contribution is 6.05. The smallest absolute Gasteiger partial charge is 0.338 e. The summed E-state index contributed by atoms with van der Waals surface area (Å²) in [5, 5.41) is 18.0. The molecular weight excluding hydrogens is 189 g/mol. The highest BCUT2D eigenvalue weighted by Gasteiger charge is 2.16. The van der Waals surface area contributed by atoms with Crippen LogP contribution in [0.25, 0.3) is 10.9 Å². The van der Waals surface area contributed by atoms with Gasteiger partial charge in [-0.2, -0.15) is 0 Å². The first kappa shape index (κ1) is 8.55. The van der Waals surface area contributed by atoms with Crippen LogP contribution < -0.4 is 0 Å². The van der Waals surface area contributed by atoms with E-state index in [2.05, 4.69) is 4.98 Å². The number of aromatic hydroxyl groups is 1. The van der Waals surface area contributed by atoms with Gasteiger partial charge in [0.2, 0.25) is 0 Å². The Hall–Kier alpha value is -2.04. The number of nitrogens with one attached hydrogen (secondary N) is 1. The Morgan fingerprint density at radius 3 is 2.79 bits per heavy atom. The van der Waals surface area contributed by atoms with Crippen LogP contribution in [0.2, 0.25) is 0 Å². The van der Waals surface area contributed by atoms with Gasteiger partial charge < -0.3 is 15.2 Å². The van der Waals surface area contributed by atoms with Crippen molar-refractivity contribution in [2.45, 2.75) is 0 Å². The molecule has 2 rings (SSSR count). The Labute approximate surface area is 77.6 Å². The molecule has 0 saturated carbocycles. The summed E-state index contributed by atoms with van der Waals surface area (Å²) in [5.74, 6) is -2.68. The number of aromatic carboxylic acids is 1. The molecule has 0 fully saturated rings. The van der Waals surface area contributed by atoms with E-state index in [0.717, 1.165) is 6.07 Å². The highest BCUT2D eigenvalue weighted by atomic mass is 19.1. The van der Waals surface area contributed by atoms with Crippen molar-refractivity contribution in [2.24, 2.45) is 0 Å². The maximum Gasteiger partial charge on any atom is 0.338 e. The SMILES string of the molecule is O=C(O)c1c[nH]c2ccc(F)c(O)c12. The zero-order valence-electron chi connectivity index (χ0n) is 6.91. The number of benzene rings is 1. The van der Waals surface area contributed by atoms with Crippen molar-refractivity contribution in [2.75, 3.05) is 0 Å². The lowest BCUT2D eigenvalue weighted by atomic mass is 10.1. The molecule has 0 amide bonds. The molecule has 4 nitrogen and oxygen atoms in total. The number of carbonyl (C=O) groups is 1. The zero-order valence-corrected chi connectivity index (χ0v) is 6.91. The van der Waals surface area contributed by atoms with Crippen LogP contribution in [0, 0.1) is 5.82 Å². The van der Waals surface area contributed by atoms with E-state index in [1.807, 2.05) is 0 Å². The van der Waals surface area contributed by atoms with Gasteiger partial charge in [0.25, 0.3) is 0 Å². The number of halogens is 1. The summed E-state index contributed by atoms with van der Waals surface area (Å²) >= 11 is 0. The van der Waals surface area contributed by atoms with Gasteiger partial charge in [0.15, 0.2) is 11.6 Å². The maximum atomic E-state index is 12.9. The molecule has 0 bridgehead atoms. The molecule has 0 aliphatic heterocycles.